The Kier molecular flexibility index (Phi) is 1.80. The van der Waals surface area contributed by atoms with Crippen LogP contribution >= 0.6 is 0 Å². The molecule has 0 fully saturated rings. The zero-order valence-electron chi connectivity index (χ0n) is 8.69. The molecule has 2 heterocycles. The number of hydrogen-bond donors (Lipinski definition) is 1. The molecule has 16 heavy (non-hydrogen) atoms. The van der Waals surface area contributed by atoms with E-state index in [1.165, 1.54) is 0 Å². The summed E-state index contributed by atoms with van der Waals surface area (Å²) >= 11 is 0. The van der Waals surface area contributed by atoms with Crippen LogP contribution in [0.1, 0.15) is 5.56 Å². The SMILES string of the molecule is Cc1cc2c(cc1-c1cnoc1N)OCO2. The van der Waals surface area contributed by atoms with Crippen LogP contribution in [0.5, 0.6) is 11.5 Å². The third-order valence-electron chi connectivity index (χ3n) is 2.61. The summed E-state index contributed by atoms with van der Waals surface area (Å²) in [6.07, 6.45) is 1.60. The molecule has 5 nitrogen and oxygen atoms in total. The second-order valence-electron chi connectivity index (χ2n) is 3.62. The zero-order valence-corrected chi connectivity index (χ0v) is 8.69. The Morgan fingerprint density at radius 3 is 2.62 bits per heavy atom. The Bertz CT molecular complexity index is 548. The van der Waals surface area contributed by atoms with Crippen LogP contribution in [0.3, 0.4) is 0 Å². The monoisotopic (exact) mass is 218 g/mol. The highest BCUT2D eigenvalue weighted by Gasteiger charge is 2.18. The largest absolute Gasteiger partial charge is 0.454 e. The fourth-order valence-corrected chi connectivity index (χ4v) is 1.78. The van der Waals surface area contributed by atoms with Crippen molar-refractivity contribution in [1.82, 2.24) is 5.16 Å². The molecule has 0 atom stereocenters. The van der Waals surface area contributed by atoms with Gasteiger partial charge in [0.15, 0.2) is 11.5 Å². The van der Waals surface area contributed by atoms with Crippen molar-refractivity contribution < 1.29 is 14.0 Å². The van der Waals surface area contributed by atoms with Crippen LogP contribution < -0.4 is 15.2 Å². The lowest BCUT2D eigenvalue weighted by Gasteiger charge is -2.05. The van der Waals surface area contributed by atoms with Gasteiger partial charge in [0, 0.05) is 0 Å². The fraction of sp³-hybridized carbons (Fsp3) is 0.182. The van der Waals surface area contributed by atoms with Gasteiger partial charge in [-0.1, -0.05) is 5.16 Å². The van der Waals surface area contributed by atoms with Crippen molar-refractivity contribution in [3.05, 3.63) is 23.9 Å². The number of benzene rings is 1. The molecule has 0 saturated carbocycles. The molecule has 0 radical (unpaired) electrons. The predicted octanol–water partition coefficient (Wildman–Crippen LogP) is 1.96. The van der Waals surface area contributed by atoms with Crippen LogP contribution in [0.2, 0.25) is 0 Å². The molecule has 5 heteroatoms. The van der Waals surface area contributed by atoms with Crippen molar-refractivity contribution in [3.8, 4) is 22.6 Å². The number of nitrogens with two attached hydrogens (primary N) is 1. The van der Waals surface area contributed by atoms with Gasteiger partial charge in [-0.15, -0.1) is 0 Å². The highest BCUT2D eigenvalue weighted by atomic mass is 16.7. The van der Waals surface area contributed by atoms with Gasteiger partial charge in [0.1, 0.15) is 0 Å². The van der Waals surface area contributed by atoms with Gasteiger partial charge in [-0.05, 0) is 30.2 Å². The van der Waals surface area contributed by atoms with Crippen LogP contribution in [0.4, 0.5) is 5.88 Å². The van der Waals surface area contributed by atoms with E-state index in [2.05, 4.69) is 5.16 Å². The van der Waals surface area contributed by atoms with Crippen molar-refractivity contribution in [1.29, 1.82) is 0 Å². The summed E-state index contributed by atoms with van der Waals surface area (Å²) in [5.74, 6) is 1.79. The minimum absolute atomic E-state index is 0.261. The van der Waals surface area contributed by atoms with E-state index in [1.54, 1.807) is 6.20 Å². The molecular formula is C11H10N2O3. The first-order chi connectivity index (χ1) is 7.75. The average Bonchev–Trinajstić information content (AvgIpc) is 2.85. The van der Waals surface area contributed by atoms with Crippen LogP contribution in [-0.2, 0) is 0 Å². The molecule has 0 bridgehead atoms. The van der Waals surface area contributed by atoms with Crippen molar-refractivity contribution in [2.75, 3.05) is 12.5 Å². The third kappa shape index (κ3) is 1.21. The van der Waals surface area contributed by atoms with Crippen LogP contribution in [0, 0.1) is 6.92 Å². The maximum atomic E-state index is 5.69. The van der Waals surface area contributed by atoms with Gasteiger partial charge >= 0.3 is 0 Å². The number of fused-ring (bicyclic) bond motifs is 1. The number of anilines is 1. The second kappa shape index (κ2) is 3.16. The van der Waals surface area contributed by atoms with Crippen molar-refractivity contribution in [2.24, 2.45) is 0 Å². The number of aryl methyl sites for hydroxylation is 1. The zero-order chi connectivity index (χ0) is 11.1. The number of ether oxygens (including phenoxy) is 2. The van der Waals surface area contributed by atoms with E-state index in [-0.39, 0.29) is 6.79 Å². The summed E-state index contributed by atoms with van der Waals surface area (Å²) in [4.78, 5) is 0. The predicted molar refractivity (Wildman–Crippen MR) is 57.2 cm³/mol. The van der Waals surface area contributed by atoms with E-state index in [0.29, 0.717) is 5.88 Å². The first kappa shape index (κ1) is 9.08. The number of aromatic nitrogens is 1. The molecule has 2 N–H and O–H groups in total. The van der Waals surface area contributed by atoms with E-state index in [4.69, 9.17) is 19.7 Å². The highest BCUT2D eigenvalue weighted by Crippen LogP contribution is 2.39. The van der Waals surface area contributed by atoms with Crippen molar-refractivity contribution in [3.63, 3.8) is 0 Å². The van der Waals surface area contributed by atoms with Gasteiger partial charge in [-0.3, -0.25) is 0 Å². The Hall–Kier alpha value is -2.17. The van der Waals surface area contributed by atoms with Gasteiger partial charge < -0.3 is 19.7 Å². The third-order valence-corrected chi connectivity index (χ3v) is 2.61. The Balaban J connectivity index is 2.18. The maximum Gasteiger partial charge on any atom is 0.231 e. The molecule has 2 aromatic rings. The molecule has 3 rings (SSSR count). The minimum atomic E-state index is 0.261. The fourth-order valence-electron chi connectivity index (χ4n) is 1.78. The van der Waals surface area contributed by atoms with Crippen LogP contribution in [0.25, 0.3) is 11.1 Å². The summed E-state index contributed by atoms with van der Waals surface area (Å²) in [6, 6.07) is 3.81. The quantitative estimate of drug-likeness (QED) is 0.792. The Labute approximate surface area is 91.7 Å². The molecule has 0 aliphatic carbocycles. The van der Waals surface area contributed by atoms with Crippen LogP contribution in [0.15, 0.2) is 22.9 Å². The molecule has 0 unspecified atom stereocenters. The Morgan fingerprint density at radius 1 is 1.19 bits per heavy atom. The lowest BCUT2D eigenvalue weighted by molar-refractivity contribution is 0.174. The second-order valence-corrected chi connectivity index (χ2v) is 3.62. The van der Waals surface area contributed by atoms with E-state index >= 15 is 0 Å². The lowest BCUT2D eigenvalue weighted by atomic mass is 10.0. The Morgan fingerprint density at radius 2 is 1.94 bits per heavy atom. The standard InChI is InChI=1S/C11H10N2O3/c1-6-2-9-10(15-5-14-9)3-7(6)8-4-13-16-11(8)12/h2-4H,5,12H2,1H3. The van der Waals surface area contributed by atoms with E-state index < -0.39 is 0 Å². The van der Waals surface area contributed by atoms with E-state index in [1.807, 2.05) is 19.1 Å². The van der Waals surface area contributed by atoms with Crippen molar-refractivity contribution in [2.45, 2.75) is 6.92 Å². The topological polar surface area (TPSA) is 70.5 Å². The molecule has 1 aromatic heterocycles. The number of nitrogens with zero attached hydrogens (tertiary/aromatic N) is 1. The molecule has 82 valence electrons. The molecule has 1 aromatic carbocycles. The van der Waals surface area contributed by atoms with Gasteiger partial charge in [0.05, 0.1) is 11.8 Å². The van der Waals surface area contributed by atoms with E-state index in [9.17, 15) is 0 Å². The van der Waals surface area contributed by atoms with Gasteiger partial charge in [0.2, 0.25) is 12.7 Å². The molecule has 0 amide bonds. The van der Waals surface area contributed by atoms with Gasteiger partial charge in [0.25, 0.3) is 0 Å². The van der Waals surface area contributed by atoms with E-state index in [0.717, 1.165) is 28.2 Å². The summed E-state index contributed by atoms with van der Waals surface area (Å²) in [5.41, 5.74) is 8.45. The molecule has 1 aliphatic rings. The van der Waals surface area contributed by atoms with Gasteiger partial charge in [-0.2, -0.15) is 0 Å². The normalized spacial score (nSPS) is 13.1. The smallest absolute Gasteiger partial charge is 0.231 e. The highest BCUT2D eigenvalue weighted by molar-refractivity contribution is 5.77. The van der Waals surface area contributed by atoms with Crippen molar-refractivity contribution >= 4 is 5.88 Å². The summed E-state index contributed by atoms with van der Waals surface area (Å²) in [5, 5.41) is 3.66. The first-order valence-corrected chi connectivity index (χ1v) is 4.86. The number of rotatable bonds is 1. The molecule has 0 saturated heterocycles. The van der Waals surface area contributed by atoms with Crippen LogP contribution in [-0.4, -0.2) is 11.9 Å². The first-order valence-electron chi connectivity index (χ1n) is 4.86. The summed E-state index contributed by atoms with van der Waals surface area (Å²) in [6.45, 7) is 2.24. The van der Waals surface area contributed by atoms with Gasteiger partial charge in [-0.25, -0.2) is 0 Å². The molecule has 1 aliphatic heterocycles. The maximum absolute atomic E-state index is 5.69. The lowest BCUT2D eigenvalue weighted by Crippen LogP contribution is -1.92. The summed E-state index contributed by atoms with van der Waals surface area (Å²) in [7, 11) is 0. The summed E-state index contributed by atoms with van der Waals surface area (Å²) < 4.78 is 15.5. The molecular weight excluding hydrogens is 208 g/mol. The average molecular weight is 218 g/mol. The number of nitrogen functional groups attached to an aromatic ring is 1. The minimum Gasteiger partial charge on any atom is -0.454 e. The molecule has 0 spiro atoms. The number of hydrogen-bond acceptors (Lipinski definition) is 5.